The molecule has 1 atom stereocenters. The molecule has 1 N–H and O–H groups in total. The van der Waals surface area contributed by atoms with Crippen LogP contribution in [0, 0.1) is 6.92 Å². The Kier molecular flexibility index (Phi) is 11.3. The van der Waals surface area contributed by atoms with Crippen molar-refractivity contribution in [2.45, 2.75) is 52.6 Å². The topological polar surface area (TPSA) is 86.8 Å². The van der Waals surface area contributed by atoms with Crippen LogP contribution in [0.3, 0.4) is 0 Å². The van der Waals surface area contributed by atoms with Crippen molar-refractivity contribution < 1.29 is 18.0 Å². The van der Waals surface area contributed by atoms with Crippen LogP contribution >= 0.6 is 34.8 Å². The first-order chi connectivity index (χ1) is 16.9. The number of anilines is 1. The zero-order valence-corrected chi connectivity index (χ0v) is 23.9. The van der Waals surface area contributed by atoms with E-state index in [9.17, 15) is 18.0 Å². The van der Waals surface area contributed by atoms with E-state index >= 15 is 0 Å². The van der Waals surface area contributed by atoms with Gasteiger partial charge in [-0.25, -0.2) is 8.42 Å². The number of nitrogens with zero attached hydrogens (tertiary/aromatic N) is 2. The number of benzene rings is 2. The molecule has 0 heterocycles. The Morgan fingerprint density at radius 2 is 1.58 bits per heavy atom. The molecule has 0 spiro atoms. The lowest BCUT2D eigenvalue weighted by Gasteiger charge is -2.31. The third-order valence-corrected chi connectivity index (χ3v) is 8.08. The average molecular weight is 577 g/mol. The molecular formula is C25H32Cl3N3O4S. The maximum atomic E-state index is 13.4. The van der Waals surface area contributed by atoms with E-state index in [0.29, 0.717) is 44.8 Å². The third-order valence-electron chi connectivity index (χ3n) is 5.79. The Hall–Kier alpha value is -2.00. The maximum absolute atomic E-state index is 13.4. The smallest absolute Gasteiger partial charge is 0.242 e. The Labute approximate surface area is 228 Å². The molecule has 11 heteroatoms. The van der Waals surface area contributed by atoms with Crippen LogP contribution in [-0.2, 0) is 26.2 Å². The standard InChI is InChI=1S/C25H32Cl3N3O4S/c1-5-22(25(33)29-6-2)30(16-18-20(27)11-7-12-21(18)28)24(32)14-9-15-31(36(4,34)35)23-13-8-10-19(26)17(23)3/h7-8,10-13,22H,5-6,9,14-16H2,1-4H3,(H,29,33)/t22-/m1/s1. The fraction of sp³-hybridized carbons (Fsp3) is 0.440. The van der Waals surface area contributed by atoms with E-state index in [-0.39, 0.29) is 37.7 Å². The molecule has 0 fully saturated rings. The van der Waals surface area contributed by atoms with Crippen LogP contribution in [0.5, 0.6) is 0 Å². The highest BCUT2D eigenvalue weighted by Crippen LogP contribution is 2.29. The van der Waals surface area contributed by atoms with Crippen molar-refractivity contribution in [2.75, 3.05) is 23.7 Å². The molecule has 7 nitrogen and oxygen atoms in total. The minimum absolute atomic E-state index is 0.0175. The number of halogens is 3. The Bertz CT molecular complexity index is 1170. The highest BCUT2D eigenvalue weighted by molar-refractivity contribution is 7.92. The summed E-state index contributed by atoms with van der Waals surface area (Å²) in [6, 6.07) is 9.38. The molecular weight excluding hydrogens is 545 g/mol. The minimum atomic E-state index is -3.63. The molecule has 0 aliphatic heterocycles. The average Bonchev–Trinajstić information content (AvgIpc) is 2.80. The lowest BCUT2D eigenvalue weighted by Crippen LogP contribution is -2.49. The lowest BCUT2D eigenvalue weighted by molar-refractivity contribution is -0.141. The number of sulfonamides is 1. The molecule has 0 aliphatic carbocycles. The number of carbonyl (C=O) groups is 2. The van der Waals surface area contributed by atoms with Crippen molar-refractivity contribution in [1.82, 2.24) is 10.2 Å². The van der Waals surface area contributed by atoms with Crippen LogP contribution in [0.4, 0.5) is 5.69 Å². The van der Waals surface area contributed by atoms with Crippen molar-refractivity contribution >= 4 is 62.3 Å². The van der Waals surface area contributed by atoms with Crippen LogP contribution in [0.25, 0.3) is 0 Å². The van der Waals surface area contributed by atoms with Crippen molar-refractivity contribution in [1.29, 1.82) is 0 Å². The van der Waals surface area contributed by atoms with E-state index in [2.05, 4.69) is 5.32 Å². The number of hydrogen-bond donors (Lipinski definition) is 1. The number of carbonyl (C=O) groups excluding carboxylic acids is 2. The molecule has 2 amide bonds. The summed E-state index contributed by atoms with van der Waals surface area (Å²) < 4.78 is 26.3. The van der Waals surface area contributed by atoms with E-state index < -0.39 is 16.1 Å². The van der Waals surface area contributed by atoms with Crippen LogP contribution < -0.4 is 9.62 Å². The molecule has 0 aromatic heterocycles. The second-order valence-electron chi connectivity index (χ2n) is 8.36. The molecule has 0 unspecified atom stereocenters. The number of nitrogens with one attached hydrogen (secondary N) is 1. The monoisotopic (exact) mass is 575 g/mol. The quantitative estimate of drug-likeness (QED) is 0.364. The van der Waals surface area contributed by atoms with Gasteiger partial charge in [0.25, 0.3) is 0 Å². The molecule has 2 aromatic rings. The van der Waals surface area contributed by atoms with E-state index in [1.165, 1.54) is 9.21 Å². The third kappa shape index (κ3) is 7.75. The fourth-order valence-corrected chi connectivity index (χ4v) is 5.62. The van der Waals surface area contributed by atoms with Gasteiger partial charge in [0.15, 0.2) is 0 Å². The van der Waals surface area contributed by atoms with Gasteiger partial charge in [-0.2, -0.15) is 0 Å². The van der Waals surface area contributed by atoms with Gasteiger partial charge in [0.2, 0.25) is 21.8 Å². The van der Waals surface area contributed by atoms with E-state index in [1.807, 2.05) is 6.92 Å². The fourth-order valence-electron chi connectivity index (χ4n) is 3.91. The molecule has 0 bridgehead atoms. The number of rotatable bonds is 12. The summed E-state index contributed by atoms with van der Waals surface area (Å²) in [6.45, 7) is 5.92. The summed E-state index contributed by atoms with van der Waals surface area (Å²) in [6.07, 6.45) is 1.75. The summed E-state index contributed by atoms with van der Waals surface area (Å²) in [4.78, 5) is 27.7. The summed E-state index contributed by atoms with van der Waals surface area (Å²) >= 11 is 18.9. The minimum Gasteiger partial charge on any atom is -0.355 e. The van der Waals surface area contributed by atoms with E-state index in [4.69, 9.17) is 34.8 Å². The van der Waals surface area contributed by atoms with Crippen molar-refractivity contribution in [3.8, 4) is 0 Å². The number of likely N-dealkylation sites (N-methyl/N-ethyl adjacent to an activating group) is 1. The summed E-state index contributed by atoms with van der Waals surface area (Å²) in [5.74, 6) is -0.579. The van der Waals surface area contributed by atoms with Gasteiger partial charge < -0.3 is 10.2 Å². The van der Waals surface area contributed by atoms with Gasteiger partial charge in [0.1, 0.15) is 6.04 Å². The summed E-state index contributed by atoms with van der Waals surface area (Å²) in [5, 5.41) is 4.02. The van der Waals surface area contributed by atoms with Crippen LogP contribution in [0.1, 0.15) is 44.2 Å². The highest BCUT2D eigenvalue weighted by Gasteiger charge is 2.29. The second kappa shape index (κ2) is 13.5. The number of hydrogen-bond acceptors (Lipinski definition) is 4. The first-order valence-electron chi connectivity index (χ1n) is 11.6. The van der Waals surface area contributed by atoms with Gasteiger partial charge in [-0.15, -0.1) is 0 Å². The normalized spacial score (nSPS) is 12.2. The van der Waals surface area contributed by atoms with Crippen molar-refractivity contribution in [3.05, 3.63) is 62.6 Å². The predicted octanol–water partition coefficient (Wildman–Crippen LogP) is 5.44. The second-order valence-corrected chi connectivity index (χ2v) is 11.5. The molecule has 198 valence electrons. The molecule has 36 heavy (non-hydrogen) atoms. The van der Waals surface area contributed by atoms with Crippen molar-refractivity contribution in [3.63, 3.8) is 0 Å². The zero-order chi connectivity index (χ0) is 27.0. The van der Waals surface area contributed by atoms with Crippen LogP contribution in [0.2, 0.25) is 15.1 Å². The van der Waals surface area contributed by atoms with Gasteiger partial charge in [0, 0.05) is 46.7 Å². The SMILES string of the molecule is CCNC(=O)[C@@H](CC)N(Cc1c(Cl)cccc1Cl)C(=O)CCCN(c1cccc(Cl)c1C)S(C)(=O)=O. The lowest BCUT2D eigenvalue weighted by atomic mass is 10.1. The Morgan fingerprint density at radius 3 is 2.14 bits per heavy atom. The van der Waals surface area contributed by atoms with E-state index in [1.54, 1.807) is 50.2 Å². The molecule has 0 radical (unpaired) electrons. The van der Waals surface area contributed by atoms with Gasteiger partial charge in [-0.1, -0.05) is 53.9 Å². The first-order valence-corrected chi connectivity index (χ1v) is 14.6. The Balaban J connectivity index is 2.29. The maximum Gasteiger partial charge on any atom is 0.242 e. The Morgan fingerprint density at radius 1 is 1.00 bits per heavy atom. The van der Waals surface area contributed by atoms with E-state index in [0.717, 1.165) is 6.26 Å². The zero-order valence-electron chi connectivity index (χ0n) is 20.9. The van der Waals surface area contributed by atoms with Crippen molar-refractivity contribution in [2.24, 2.45) is 0 Å². The molecule has 0 saturated carbocycles. The molecule has 2 aromatic carbocycles. The summed E-state index contributed by atoms with van der Waals surface area (Å²) in [5.41, 5.74) is 1.64. The van der Waals surface area contributed by atoms with Gasteiger partial charge >= 0.3 is 0 Å². The largest absolute Gasteiger partial charge is 0.355 e. The van der Waals surface area contributed by atoms with Crippen LogP contribution in [-0.4, -0.2) is 50.5 Å². The van der Waals surface area contributed by atoms with Gasteiger partial charge in [-0.3, -0.25) is 13.9 Å². The summed E-state index contributed by atoms with van der Waals surface area (Å²) in [7, 11) is -3.63. The highest BCUT2D eigenvalue weighted by atomic mass is 35.5. The van der Waals surface area contributed by atoms with Gasteiger partial charge in [0.05, 0.1) is 11.9 Å². The first kappa shape index (κ1) is 30.2. The molecule has 0 saturated heterocycles. The van der Waals surface area contributed by atoms with Crippen LogP contribution in [0.15, 0.2) is 36.4 Å². The van der Waals surface area contributed by atoms with Gasteiger partial charge in [-0.05, 0) is 56.5 Å². The molecule has 2 rings (SSSR count). The predicted molar refractivity (Wildman–Crippen MR) is 147 cm³/mol. The molecule has 0 aliphatic rings. The number of amides is 2.